The molecule has 0 saturated carbocycles. The van der Waals surface area contributed by atoms with Crippen LogP contribution in [0.2, 0.25) is 0 Å². The Bertz CT molecular complexity index is 1960. The van der Waals surface area contributed by atoms with Gasteiger partial charge >= 0.3 is 5.97 Å². The van der Waals surface area contributed by atoms with Crippen LogP contribution in [-0.2, 0) is 46.2 Å². The van der Waals surface area contributed by atoms with E-state index >= 15 is 0 Å². The zero-order valence-corrected chi connectivity index (χ0v) is 43.8. The van der Waals surface area contributed by atoms with Gasteiger partial charge in [0.05, 0.1) is 58.8 Å². The molecule has 4 N–H and O–H groups in total. The monoisotopic (exact) mass is 993 g/mol. The third kappa shape index (κ3) is 14.4. The van der Waals surface area contributed by atoms with Gasteiger partial charge in [-0.1, -0.05) is 26.0 Å². The van der Waals surface area contributed by atoms with E-state index in [1.165, 1.54) is 26.2 Å². The molecule has 3 fully saturated rings. The van der Waals surface area contributed by atoms with Crippen LogP contribution in [0.15, 0.2) is 30.5 Å². The Hall–Kier alpha value is -3.41. The summed E-state index contributed by atoms with van der Waals surface area (Å²) >= 11 is 0. The maximum absolute atomic E-state index is 14.5. The van der Waals surface area contributed by atoms with E-state index in [9.17, 15) is 35.3 Å². The molecule has 0 unspecified atom stereocenters. The van der Waals surface area contributed by atoms with Crippen molar-refractivity contribution >= 4 is 11.7 Å². The molecule has 17 atom stereocenters. The summed E-state index contributed by atoms with van der Waals surface area (Å²) in [6, 6.07) is 5.48. The van der Waals surface area contributed by atoms with Gasteiger partial charge in [0.1, 0.15) is 29.7 Å². The van der Waals surface area contributed by atoms with Crippen molar-refractivity contribution in [3.8, 4) is 5.75 Å². The van der Waals surface area contributed by atoms with Gasteiger partial charge in [0, 0.05) is 88.8 Å². The van der Waals surface area contributed by atoms with E-state index in [1.54, 1.807) is 51.4 Å². The second-order valence-electron chi connectivity index (χ2n) is 21.3. The standard InChI is InChI=1S/C50H84N6O14/c1-14-40-50(10,61)44(57)34(6)54(12)28-30(2)26-48(8,60)46(32(4)43(33(5)47(59)68-40)69-42-27-49(9,64-13)45(58)35(7)67-42)70-41-25-38(24-31(3)66-41)53(11)22-20-36-29-55(52-51-36)21-15-23-65-39-18-16-37(17-19-39)56(62)63/h16-19,29-35,38,40-46,57-58,60-61H,14-15,20-28H2,1-13H3/t30-,31-,32+,33-,34-,35+,38+,40-,41+,42+,43+,44-,45+,46-,48-,49-,50-/m1/s1. The second-order valence-corrected chi connectivity index (χ2v) is 21.3. The lowest BCUT2D eigenvalue weighted by atomic mass is 9.77. The molecule has 1 aromatic carbocycles. The predicted octanol–water partition coefficient (Wildman–Crippen LogP) is 4.51. The quantitative estimate of drug-likeness (QED) is 0.0783. The Morgan fingerprint density at radius 1 is 0.971 bits per heavy atom. The molecule has 20 heteroatoms. The molecule has 0 radical (unpaired) electrons. The lowest BCUT2D eigenvalue weighted by Crippen LogP contribution is -2.59. The molecule has 20 nitrogen and oxygen atoms in total. The minimum atomic E-state index is -1.81. The first-order valence-electron chi connectivity index (χ1n) is 25.1. The maximum atomic E-state index is 14.5. The number of hydrogen-bond acceptors (Lipinski definition) is 18. The van der Waals surface area contributed by atoms with E-state index in [1.807, 2.05) is 45.8 Å². The third-order valence-corrected chi connectivity index (χ3v) is 15.2. The van der Waals surface area contributed by atoms with Crippen LogP contribution < -0.4 is 4.74 Å². The number of aliphatic hydroxyl groups excluding tert-OH is 2. The molecular weight excluding hydrogens is 909 g/mol. The van der Waals surface area contributed by atoms with Crippen molar-refractivity contribution in [1.82, 2.24) is 24.8 Å². The number of nitro groups is 1. The summed E-state index contributed by atoms with van der Waals surface area (Å²) < 4.78 is 46.1. The van der Waals surface area contributed by atoms with Crippen molar-refractivity contribution in [2.45, 2.75) is 205 Å². The fourth-order valence-electron chi connectivity index (χ4n) is 10.7. The number of hydrogen-bond donors (Lipinski definition) is 4. The number of likely N-dealkylation sites (N-methyl/N-ethyl adjacent to an activating group) is 2. The number of nitrogens with zero attached hydrogens (tertiary/aromatic N) is 6. The summed E-state index contributed by atoms with van der Waals surface area (Å²) in [4.78, 5) is 29.2. The normalized spacial score (nSPS) is 38.7. The number of ether oxygens (including phenoxy) is 7. The van der Waals surface area contributed by atoms with Crippen LogP contribution in [0.1, 0.15) is 113 Å². The number of cyclic esters (lactones) is 1. The van der Waals surface area contributed by atoms with Gasteiger partial charge < -0.3 is 63.4 Å². The number of methoxy groups -OCH3 is 1. The number of rotatable bonds is 16. The molecule has 3 aliphatic rings. The van der Waals surface area contributed by atoms with Crippen molar-refractivity contribution < 1.29 is 63.3 Å². The lowest BCUT2D eigenvalue weighted by Gasteiger charge is -2.48. The van der Waals surface area contributed by atoms with E-state index in [0.29, 0.717) is 51.3 Å². The van der Waals surface area contributed by atoms with Gasteiger partial charge in [-0.25, -0.2) is 0 Å². The molecule has 0 amide bonds. The highest BCUT2D eigenvalue weighted by molar-refractivity contribution is 5.73. The summed E-state index contributed by atoms with van der Waals surface area (Å²) in [5.41, 5.74) is -3.52. The van der Waals surface area contributed by atoms with Crippen molar-refractivity contribution in [3.63, 3.8) is 0 Å². The largest absolute Gasteiger partial charge is 0.494 e. The molecule has 4 heterocycles. The van der Waals surface area contributed by atoms with Gasteiger partial charge in [0.25, 0.3) is 5.69 Å². The molecule has 0 aliphatic carbocycles. The summed E-state index contributed by atoms with van der Waals surface area (Å²) in [5, 5.41) is 67.0. The number of esters is 1. The summed E-state index contributed by atoms with van der Waals surface area (Å²) in [6.45, 7) is 20.1. The molecule has 70 heavy (non-hydrogen) atoms. The van der Waals surface area contributed by atoms with Crippen LogP contribution in [0.4, 0.5) is 5.69 Å². The Morgan fingerprint density at radius 3 is 2.30 bits per heavy atom. The van der Waals surface area contributed by atoms with E-state index in [4.69, 9.17) is 33.2 Å². The topological polar surface area (TPSA) is 243 Å². The first-order valence-corrected chi connectivity index (χ1v) is 25.1. The molecule has 3 saturated heterocycles. The number of aryl methyl sites for hydroxylation is 1. The minimum absolute atomic E-state index is 0.00876. The fraction of sp³-hybridized carbons (Fsp3) is 0.820. The first kappa shape index (κ1) is 57.5. The molecule has 398 valence electrons. The van der Waals surface area contributed by atoms with Gasteiger partial charge in [0.15, 0.2) is 12.6 Å². The average Bonchev–Trinajstić information content (AvgIpc) is 3.77. The van der Waals surface area contributed by atoms with E-state index in [-0.39, 0.29) is 43.0 Å². The van der Waals surface area contributed by atoms with Crippen LogP contribution in [0.5, 0.6) is 5.75 Å². The number of non-ortho nitro benzene ring substituents is 1. The number of aromatic nitrogens is 3. The van der Waals surface area contributed by atoms with Crippen molar-refractivity contribution in [2.75, 3.05) is 40.9 Å². The summed E-state index contributed by atoms with van der Waals surface area (Å²) in [5.74, 6) is -1.95. The molecular formula is C50H84N6O14. The van der Waals surface area contributed by atoms with Crippen LogP contribution in [-0.4, -0.2) is 181 Å². The van der Waals surface area contributed by atoms with Crippen LogP contribution >= 0.6 is 0 Å². The molecule has 0 bridgehead atoms. The second kappa shape index (κ2) is 24.5. The highest BCUT2D eigenvalue weighted by Crippen LogP contribution is 2.40. The minimum Gasteiger partial charge on any atom is -0.494 e. The number of carbonyl (C=O) groups excluding carboxylic acids is 1. The average molecular weight is 993 g/mol. The van der Waals surface area contributed by atoms with E-state index < -0.39 is 94.8 Å². The van der Waals surface area contributed by atoms with Crippen molar-refractivity contribution in [3.05, 3.63) is 46.3 Å². The molecule has 3 aliphatic heterocycles. The highest BCUT2D eigenvalue weighted by Gasteiger charge is 2.52. The molecule has 1 aromatic heterocycles. The Morgan fingerprint density at radius 2 is 1.66 bits per heavy atom. The van der Waals surface area contributed by atoms with Gasteiger partial charge in [-0.15, -0.1) is 5.10 Å². The highest BCUT2D eigenvalue weighted by atomic mass is 16.7. The fourth-order valence-corrected chi connectivity index (χ4v) is 10.7. The maximum Gasteiger partial charge on any atom is 0.311 e. The van der Waals surface area contributed by atoms with Gasteiger partial charge in [-0.3, -0.25) is 19.6 Å². The first-order chi connectivity index (χ1) is 32.8. The van der Waals surface area contributed by atoms with Crippen molar-refractivity contribution in [1.29, 1.82) is 0 Å². The number of benzene rings is 1. The summed E-state index contributed by atoms with van der Waals surface area (Å²) in [6.07, 6.45) is -2.76. The van der Waals surface area contributed by atoms with Gasteiger partial charge in [0.2, 0.25) is 0 Å². The number of carbonyl (C=O) groups is 1. The lowest BCUT2D eigenvalue weighted by molar-refractivity contribution is -0.384. The zero-order chi connectivity index (χ0) is 51.9. The molecule has 2 aromatic rings. The van der Waals surface area contributed by atoms with Gasteiger partial charge in [-0.05, 0) is 99.9 Å². The third-order valence-electron chi connectivity index (χ3n) is 15.2. The van der Waals surface area contributed by atoms with E-state index in [0.717, 1.165) is 12.1 Å². The Balaban J connectivity index is 1.35. The molecule has 0 spiro atoms. The molecule has 5 rings (SSSR count). The summed E-state index contributed by atoms with van der Waals surface area (Å²) in [7, 11) is 5.44. The Kier molecular flexibility index (Phi) is 20.2. The smallest absolute Gasteiger partial charge is 0.311 e. The van der Waals surface area contributed by atoms with Crippen molar-refractivity contribution in [2.24, 2.45) is 17.8 Å². The van der Waals surface area contributed by atoms with Crippen LogP contribution in [0.25, 0.3) is 0 Å². The van der Waals surface area contributed by atoms with E-state index in [2.05, 4.69) is 22.3 Å². The van der Waals surface area contributed by atoms with Gasteiger partial charge in [-0.2, -0.15) is 0 Å². The zero-order valence-electron chi connectivity index (χ0n) is 43.8. The predicted molar refractivity (Wildman–Crippen MR) is 259 cm³/mol. The van der Waals surface area contributed by atoms with Crippen LogP contribution in [0.3, 0.4) is 0 Å². The van der Waals surface area contributed by atoms with Crippen LogP contribution in [0, 0.1) is 27.9 Å². The number of aliphatic hydroxyl groups is 4. The SMILES string of the molecule is CC[C@H]1OC(=O)[C@H](C)[C@@H](O[C@H]2C[C@@](C)(OC)[C@@H](O)[C@H](C)O2)[C@H](C)[C@@H](O[C@H]2C[C@@H](N(C)CCc3cn(CCCOc4ccc([N+](=O)[O-])cc4)nn3)C[C@@H](C)O2)[C@](C)(O)C[C@@H](C)CN(C)[C@H](C)[C@@H](O)[C@]1(C)O. The Labute approximate surface area is 414 Å². The number of nitro benzene ring substituents is 1.